The van der Waals surface area contributed by atoms with E-state index < -0.39 is 5.97 Å². The molecular weight excluding hydrogens is 290 g/mol. The first-order valence-electron chi connectivity index (χ1n) is 5.01. The molecule has 1 amide bonds. The van der Waals surface area contributed by atoms with Gasteiger partial charge < -0.3 is 5.11 Å². The molecule has 1 aromatic rings. The van der Waals surface area contributed by atoms with E-state index in [0.717, 1.165) is 26.4 Å². The molecule has 0 unspecified atom stereocenters. The monoisotopic (exact) mass is 299 g/mol. The molecule has 4 nitrogen and oxygen atoms in total. The Morgan fingerprint density at radius 1 is 1.56 bits per heavy atom. The normalized spacial score (nSPS) is 17.8. The molecule has 1 saturated heterocycles. The minimum absolute atomic E-state index is 0.293. The number of carbonyl (C=O) groups is 2. The van der Waals surface area contributed by atoms with Crippen molar-refractivity contribution in [2.24, 2.45) is 0 Å². The van der Waals surface area contributed by atoms with E-state index in [2.05, 4.69) is 0 Å². The van der Waals surface area contributed by atoms with E-state index in [1.165, 1.54) is 0 Å². The Bertz CT molecular complexity index is 562. The minimum Gasteiger partial charge on any atom is -0.480 e. The molecule has 0 atom stereocenters. The number of thiocarbonyl (C=S) groups is 1. The van der Waals surface area contributed by atoms with Crippen LogP contribution in [0.4, 0.5) is 0 Å². The first kappa shape index (κ1) is 13.3. The first-order chi connectivity index (χ1) is 8.47. The van der Waals surface area contributed by atoms with E-state index in [4.69, 9.17) is 17.3 Å². The van der Waals surface area contributed by atoms with Crippen LogP contribution >= 0.6 is 35.3 Å². The third-order valence-electron chi connectivity index (χ3n) is 2.20. The van der Waals surface area contributed by atoms with Crippen LogP contribution in [0.1, 0.15) is 9.75 Å². The molecule has 1 aliphatic rings. The van der Waals surface area contributed by atoms with Crippen LogP contribution in [0.25, 0.3) is 6.08 Å². The van der Waals surface area contributed by atoms with E-state index >= 15 is 0 Å². The number of carbonyl (C=O) groups excluding carboxylic acids is 1. The Labute approximate surface area is 117 Å². The van der Waals surface area contributed by atoms with Crippen LogP contribution in [0.15, 0.2) is 17.0 Å². The van der Waals surface area contributed by atoms with Gasteiger partial charge in [-0.05, 0) is 25.1 Å². The highest BCUT2D eigenvalue weighted by atomic mass is 32.2. The predicted molar refractivity (Wildman–Crippen MR) is 76.6 cm³/mol. The lowest BCUT2D eigenvalue weighted by molar-refractivity contribution is -0.140. The van der Waals surface area contributed by atoms with Crippen LogP contribution in [0, 0.1) is 6.92 Å². The lowest BCUT2D eigenvalue weighted by Gasteiger charge is -2.09. The van der Waals surface area contributed by atoms with Crippen molar-refractivity contribution >= 4 is 57.6 Å². The van der Waals surface area contributed by atoms with E-state index in [0.29, 0.717) is 9.23 Å². The van der Waals surface area contributed by atoms with Crippen molar-refractivity contribution in [1.29, 1.82) is 0 Å². The molecular formula is C11H9NO3S3. The number of rotatable bonds is 3. The Hall–Kier alpha value is -1.18. The summed E-state index contributed by atoms with van der Waals surface area (Å²) in [5.74, 6) is -1.40. The molecule has 2 rings (SSSR count). The molecule has 94 valence electrons. The Morgan fingerprint density at radius 3 is 2.83 bits per heavy atom. The maximum Gasteiger partial charge on any atom is 0.323 e. The van der Waals surface area contributed by atoms with Gasteiger partial charge in [0.25, 0.3) is 5.91 Å². The second kappa shape index (κ2) is 5.21. The van der Waals surface area contributed by atoms with Gasteiger partial charge in [0.05, 0.1) is 4.91 Å². The van der Waals surface area contributed by atoms with Crippen molar-refractivity contribution in [2.75, 3.05) is 6.54 Å². The lowest BCUT2D eigenvalue weighted by Crippen LogP contribution is -2.33. The quantitative estimate of drug-likeness (QED) is 0.686. The Morgan fingerprint density at radius 2 is 2.28 bits per heavy atom. The number of carboxylic acids is 1. The van der Waals surface area contributed by atoms with Gasteiger partial charge in [-0.1, -0.05) is 24.0 Å². The summed E-state index contributed by atoms with van der Waals surface area (Å²) < 4.78 is 0.293. The maximum atomic E-state index is 12.0. The van der Waals surface area contributed by atoms with Crippen molar-refractivity contribution in [2.45, 2.75) is 6.92 Å². The zero-order valence-electron chi connectivity index (χ0n) is 9.37. The molecule has 0 aromatic carbocycles. The molecule has 0 radical (unpaired) electrons. The molecule has 1 N–H and O–H groups in total. The Kier molecular flexibility index (Phi) is 3.84. The highest BCUT2D eigenvalue weighted by Gasteiger charge is 2.33. The molecule has 2 heterocycles. The lowest BCUT2D eigenvalue weighted by atomic mass is 10.3. The number of amides is 1. The van der Waals surface area contributed by atoms with Gasteiger partial charge in [0.15, 0.2) is 0 Å². The number of nitrogens with zero attached hydrogens (tertiary/aromatic N) is 1. The van der Waals surface area contributed by atoms with Crippen molar-refractivity contribution in [3.8, 4) is 0 Å². The highest BCUT2D eigenvalue weighted by molar-refractivity contribution is 8.26. The van der Waals surface area contributed by atoms with Gasteiger partial charge in [-0.15, -0.1) is 11.3 Å². The molecule has 0 aliphatic carbocycles. The van der Waals surface area contributed by atoms with Crippen LogP contribution in [0.5, 0.6) is 0 Å². The summed E-state index contributed by atoms with van der Waals surface area (Å²) in [6.45, 7) is 1.60. The number of hydrogen-bond donors (Lipinski definition) is 1. The Balaban J connectivity index is 2.22. The topological polar surface area (TPSA) is 57.6 Å². The fourth-order valence-corrected chi connectivity index (χ4v) is 3.57. The van der Waals surface area contributed by atoms with Crippen LogP contribution < -0.4 is 0 Å². The highest BCUT2D eigenvalue weighted by Crippen LogP contribution is 2.33. The van der Waals surface area contributed by atoms with Crippen LogP contribution in [-0.2, 0) is 9.59 Å². The largest absolute Gasteiger partial charge is 0.480 e. The first-order valence-corrected chi connectivity index (χ1v) is 7.05. The zero-order chi connectivity index (χ0) is 13.3. The van der Waals surface area contributed by atoms with Crippen LogP contribution in [-0.4, -0.2) is 32.7 Å². The molecule has 1 aliphatic heterocycles. The van der Waals surface area contributed by atoms with Crippen LogP contribution in [0.2, 0.25) is 0 Å². The van der Waals surface area contributed by atoms with E-state index in [1.54, 1.807) is 17.4 Å². The third-order valence-corrected chi connectivity index (χ3v) is 4.53. The van der Waals surface area contributed by atoms with E-state index in [9.17, 15) is 9.59 Å². The van der Waals surface area contributed by atoms with Crippen molar-refractivity contribution < 1.29 is 14.7 Å². The predicted octanol–water partition coefficient (Wildman–Crippen LogP) is 2.34. The summed E-state index contributed by atoms with van der Waals surface area (Å²) >= 11 is 7.71. The van der Waals surface area contributed by atoms with Gasteiger partial charge in [-0.25, -0.2) is 0 Å². The maximum absolute atomic E-state index is 12.0. The second-order valence-corrected chi connectivity index (χ2v) is 6.61. The number of thioether (sulfide) groups is 1. The molecule has 7 heteroatoms. The van der Waals surface area contributed by atoms with Crippen molar-refractivity contribution in [1.82, 2.24) is 4.90 Å². The molecule has 1 fully saturated rings. The van der Waals surface area contributed by atoms with Gasteiger partial charge in [0.2, 0.25) is 0 Å². The number of thiophene rings is 1. The fourth-order valence-electron chi connectivity index (χ4n) is 1.43. The summed E-state index contributed by atoms with van der Waals surface area (Å²) in [7, 11) is 0. The van der Waals surface area contributed by atoms with Gasteiger partial charge in [0, 0.05) is 9.75 Å². The molecule has 0 saturated carbocycles. The smallest absolute Gasteiger partial charge is 0.323 e. The van der Waals surface area contributed by atoms with E-state index in [-0.39, 0.29) is 12.5 Å². The van der Waals surface area contributed by atoms with Gasteiger partial charge in [-0.2, -0.15) is 0 Å². The SMILES string of the molecule is Cc1ccc(/C=C2/SC(=S)N(CC(=O)O)C2=O)s1. The number of aliphatic carboxylic acids is 1. The molecule has 1 aromatic heterocycles. The molecule has 18 heavy (non-hydrogen) atoms. The van der Waals surface area contributed by atoms with Gasteiger partial charge in [0.1, 0.15) is 10.9 Å². The summed E-state index contributed by atoms with van der Waals surface area (Å²) in [5, 5.41) is 8.71. The van der Waals surface area contributed by atoms with Crippen molar-refractivity contribution in [3.05, 3.63) is 26.8 Å². The number of aryl methyl sites for hydroxylation is 1. The molecule has 0 bridgehead atoms. The summed E-state index contributed by atoms with van der Waals surface area (Å²) in [4.78, 5) is 26.3. The minimum atomic E-state index is -1.07. The average molecular weight is 299 g/mol. The standard InChI is InChI=1S/C11H9NO3S3/c1-6-2-3-7(17-6)4-8-10(15)12(5-9(13)14)11(16)18-8/h2-4H,5H2,1H3,(H,13,14)/b8-4+. The van der Waals surface area contributed by atoms with E-state index in [1.807, 2.05) is 19.1 Å². The molecule has 0 spiro atoms. The van der Waals surface area contributed by atoms with Gasteiger partial charge in [-0.3, -0.25) is 14.5 Å². The third kappa shape index (κ3) is 2.80. The van der Waals surface area contributed by atoms with Gasteiger partial charge >= 0.3 is 5.97 Å². The fraction of sp³-hybridized carbons (Fsp3) is 0.182. The average Bonchev–Trinajstić information content (AvgIpc) is 2.78. The number of carboxylic acid groups (broad SMARTS) is 1. The van der Waals surface area contributed by atoms with Crippen molar-refractivity contribution in [3.63, 3.8) is 0 Å². The summed E-state index contributed by atoms with van der Waals surface area (Å²) in [6, 6.07) is 3.89. The summed E-state index contributed by atoms with van der Waals surface area (Å²) in [5.41, 5.74) is 0. The summed E-state index contributed by atoms with van der Waals surface area (Å²) in [6.07, 6.45) is 1.75. The zero-order valence-corrected chi connectivity index (χ0v) is 11.8. The van der Waals surface area contributed by atoms with Crippen LogP contribution in [0.3, 0.4) is 0 Å². The second-order valence-electron chi connectivity index (χ2n) is 3.61. The number of hydrogen-bond acceptors (Lipinski definition) is 5.